The molecule has 0 spiro atoms. The number of carboxylic acids is 1. The zero-order valence-corrected chi connectivity index (χ0v) is 9.36. The first kappa shape index (κ1) is 12.8. The Kier molecular flexibility index (Phi) is 5.04. The summed E-state index contributed by atoms with van der Waals surface area (Å²) in [5, 5.41) is 14.0. The minimum absolute atomic E-state index is 0.0438. The fourth-order valence-electron chi connectivity index (χ4n) is 1.57. The Morgan fingerprint density at radius 2 is 2.31 bits per heavy atom. The number of carboxylic acid groups (broad SMARTS) is 1. The van der Waals surface area contributed by atoms with Crippen LogP contribution in [0.15, 0.2) is 0 Å². The average molecular weight is 230 g/mol. The molecule has 1 heterocycles. The zero-order chi connectivity index (χ0) is 12.0. The van der Waals surface area contributed by atoms with Crippen LogP contribution in [0.5, 0.6) is 0 Å². The molecule has 1 rings (SSSR count). The van der Waals surface area contributed by atoms with Crippen molar-refractivity contribution in [3.8, 4) is 0 Å². The van der Waals surface area contributed by atoms with Crippen molar-refractivity contribution in [2.75, 3.05) is 13.2 Å². The van der Waals surface area contributed by atoms with Crippen molar-refractivity contribution in [3.63, 3.8) is 0 Å². The van der Waals surface area contributed by atoms with E-state index in [0.29, 0.717) is 19.6 Å². The second-order valence-electron chi connectivity index (χ2n) is 3.88. The molecule has 0 aliphatic carbocycles. The molecule has 2 unspecified atom stereocenters. The smallest absolute Gasteiger partial charge is 0.315 e. The Hall–Kier alpha value is -1.30. The van der Waals surface area contributed by atoms with Crippen LogP contribution in [0.1, 0.15) is 26.2 Å². The van der Waals surface area contributed by atoms with Gasteiger partial charge >= 0.3 is 12.0 Å². The lowest BCUT2D eigenvalue weighted by atomic mass is 10.1. The topological polar surface area (TPSA) is 87.7 Å². The molecule has 0 aromatic carbocycles. The third-order valence-electron chi connectivity index (χ3n) is 2.51. The van der Waals surface area contributed by atoms with Gasteiger partial charge in [0.1, 0.15) is 0 Å². The number of urea groups is 1. The van der Waals surface area contributed by atoms with Crippen molar-refractivity contribution in [1.82, 2.24) is 10.6 Å². The standard InChI is InChI=1S/C10H18N2O4/c1-2-7(5-9(13)14)11-10(15)12-8-3-4-16-6-8/h7-8H,2-6H2,1H3,(H,13,14)(H2,11,12,15). The Labute approximate surface area is 94.3 Å². The lowest BCUT2D eigenvalue weighted by molar-refractivity contribution is -0.137. The molecule has 1 fully saturated rings. The number of rotatable bonds is 5. The zero-order valence-electron chi connectivity index (χ0n) is 9.36. The largest absolute Gasteiger partial charge is 0.481 e. The van der Waals surface area contributed by atoms with Gasteiger partial charge in [-0.3, -0.25) is 4.79 Å². The number of carbonyl (C=O) groups excluding carboxylic acids is 1. The van der Waals surface area contributed by atoms with Gasteiger partial charge in [0.2, 0.25) is 0 Å². The predicted octanol–water partition coefficient (Wildman–Crippen LogP) is 0.328. The second kappa shape index (κ2) is 6.32. The van der Waals surface area contributed by atoms with Gasteiger partial charge in [-0.05, 0) is 12.8 Å². The molecule has 0 radical (unpaired) electrons. The fourth-order valence-corrected chi connectivity index (χ4v) is 1.57. The van der Waals surface area contributed by atoms with E-state index in [9.17, 15) is 9.59 Å². The van der Waals surface area contributed by atoms with Crippen LogP contribution >= 0.6 is 0 Å². The van der Waals surface area contributed by atoms with E-state index in [0.717, 1.165) is 6.42 Å². The number of aliphatic carboxylic acids is 1. The highest BCUT2D eigenvalue weighted by molar-refractivity contribution is 5.76. The molecule has 1 saturated heterocycles. The first-order valence-corrected chi connectivity index (χ1v) is 5.48. The van der Waals surface area contributed by atoms with Gasteiger partial charge in [0.05, 0.1) is 19.1 Å². The molecule has 92 valence electrons. The number of amides is 2. The van der Waals surface area contributed by atoms with Gasteiger partial charge in [0.15, 0.2) is 0 Å². The van der Waals surface area contributed by atoms with Gasteiger partial charge in [0.25, 0.3) is 0 Å². The van der Waals surface area contributed by atoms with Gasteiger partial charge in [-0.25, -0.2) is 4.79 Å². The average Bonchev–Trinajstić information content (AvgIpc) is 2.68. The van der Waals surface area contributed by atoms with Crippen LogP contribution < -0.4 is 10.6 Å². The van der Waals surface area contributed by atoms with Crippen molar-refractivity contribution in [1.29, 1.82) is 0 Å². The Morgan fingerprint density at radius 1 is 1.56 bits per heavy atom. The molecule has 2 atom stereocenters. The Bertz CT molecular complexity index is 251. The molecule has 0 aromatic heterocycles. The van der Waals surface area contributed by atoms with Crippen LogP contribution in [-0.4, -0.2) is 42.4 Å². The molecule has 6 nitrogen and oxygen atoms in total. The number of nitrogens with one attached hydrogen (secondary N) is 2. The fraction of sp³-hybridized carbons (Fsp3) is 0.800. The maximum absolute atomic E-state index is 11.5. The van der Waals surface area contributed by atoms with Crippen LogP contribution in [0.4, 0.5) is 4.79 Å². The lowest BCUT2D eigenvalue weighted by Gasteiger charge is -2.17. The van der Waals surface area contributed by atoms with Crippen molar-refractivity contribution in [2.45, 2.75) is 38.3 Å². The van der Waals surface area contributed by atoms with E-state index in [-0.39, 0.29) is 24.5 Å². The minimum atomic E-state index is -0.906. The van der Waals surface area contributed by atoms with Crippen LogP contribution in [0.3, 0.4) is 0 Å². The molecule has 3 N–H and O–H groups in total. The van der Waals surface area contributed by atoms with Crippen molar-refractivity contribution >= 4 is 12.0 Å². The van der Waals surface area contributed by atoms with E-state index in [1.807, 2.05) is 6.92 Å². The summed E-state index contributed by atoms with van der Waals surface area (Å²) in [6, 6.07) is -0.592. The van der Waals surface area contributed by atoms with Crippen LogP contribution in [0, 0.1) is 0 Å². The summed E-state index contributed by atoms with van der Waals surface area (Å²) >= 11 is 0. The Morgan fingerprint density at radius 3 is 2.81 bits per heavy atom. The lowest BCUT2D eigenvalue weighted by Crippen LogP contribution is -2.46. The van der Waals surface area contributed by atoms with E-state index >= 15 is 0 Å². The number of hydrogen-bond donors (Lipinski definition) is 3. The summed E-state index contributed by atoms with van der Waals surface area (Å²) in [5.74, 6) is -0.906. The van der Waals surface area contributed by atoms with Crippen molar-refractivity contribution < 1.29 is 19.4 Å². The summed E-state index contributed by atoms with van der Waals surface area (Å²) in [5.41, 5.74) is 0. The number of carbonyl (C=O) groups is 2. The summed E-state index contributed by atoms with van der Waals surface area (Å²) in [6.45, 7) is 3.03. The molecule has 16 heavy (non-hydrogen) atoms. The van der Waals surface area contributed by atoms with Crippen LogP contribution in [0.25, 0.3) is 0 Å². The summed E-state index contributed by atoms with van der Waals surface area (Å²) in [7, 11) is 0. The molecule has 0 aromatic rings. The monoisotopic (exact) mass is 230 g/mol. The maximum Gasteiger partial charge on any atom is 0.315 e. The molecule has 2 amide bonds. The summed E-state index contributed by atoms with van der Waals surface area (Å²) < 4.78 is 5.12. The maximum atomic E-state index is 11.5. The van der Waals surface area contributed by atoms with Crippen molar-refractivity contribution in [2.24, 2.45) is 0 Å². The van der Waals surface area contributed by atoms with Crippen molar-refractivity contribution in [3.05, 3.63) is 0 Å². The quantitative estimate of drug-likeness (QED) is 0.635. The molecule has 0 bridgehead atoms. The van der Waals surface area contributed by atoms with E-state index in [1.165, 1.54) is 0 Å². The SMILES string of the molecule is CCC(CC(=O)O)NC(=O)NC1CCOC1. The van der Waals surface area contributed by atoms with E-state index in [1.54, 1.807) is 0 Å². The van der Waals surface area contributed by atoms with E-state index < -0.39 is 5.97 Å². The first-order valence-electron chi connectivity index (χ1n) is 5.48. The molecule has 0 saturated carbocycles. The van der Waals surface area contributed by atoms with Crippen LogP contribution in [0.2, 0.25) is 0 Å². The van der Waals surface area contributed by atoms with Gasteiger partial charge in [-0.2, -0.15) is 0 Å². The van der Waals surface area contributed by atoms with Gasteiger partial charge in [-0.1, -0.05) is 6.92 Å². The van der Waals surface area contributed by atoms with E-state index in [2.05, 4.69) is 10.6 Å². The third kappa shape index (κ3) is 4.48. The van der Waals surface area contributed by atoms with Crippen LogP contribution in [-0.2, 0) is 9.53 Å². The van der Waals surface area contributed by atoms with Gasteiger partial charge < -0.3 is 20.5 Å². The summed E-state index contributed by atoms with van der Waals surface area (Å²) in [4.78, 5) is 22.0. The highest BCUT2D eigenvalue weighted by Crippen LogP contribution is 2.03. The predicted molar refractivity (Wildman–Crippen MR) is 57.2 cm³/mol. The minimum Gasteiger partial charge on any atom is -0.481 e. The number of ether oxygens (including phenoxy) is 1. The molecular weight excluding hydrogens is 212 g/mol. The highest BCUT2D eigenvalue weighted by Gasteiger charge is 2.19. The molecular formula is C10H18N2O4. The normalized spacial score (nSPS) is 21.4. The second-order valence-corrected chi connectivity index (χ2v) is 3.88. The Balaban J connectivity index is 2.27. The first-order chi connectivity index (χ1) is 7.61. The number of hydrogen-bond acceptors (Lipinski definition) is 3. The van der Waals surface area contributed by atoms with Gasteiger partial charge in [0, 0.05) is 12.6 Å². The van der Waals surface area contributed by atoms with E-state index in [4.69, 9.17) is 9.84 Å². The molecule has 1 aliphatic heterocycles. The molecule has 6 heteroatoms. The highest BCUT2D eigenvalue weighted by atomic mass is 16.5. The summed E-state index contributed by atoms with van der Waals surface area (Å²) in [6.07, 6.45) is 1.36. The molecule has 1 aliphatic rings. The third-order valence-corrected chi connectivity index (χ3v) is 2.51. The van der Waals surface area contributed by atoms with Gasteiger partial charge in [-0.15, -0.1) is 0 Å².